The second kappa shape index (κ2) is 6.18. The molecule has 4 N–H and O–H groups in total. The van der Waals surface area contributed by atoms with Crippen molar-refractivity contribution in [1.82, 2.24) is 0 Å². The van der Waals surface area contributed by atoms with Crippen molar-refractivity contribution >= 4 is 21.5 Å². The molecule has 0 aliphatic heterocycles. The largest absolute Gasteiger partial charge is 0.483 e. The fourth-order valence-corrected chi connectivity index (χ4v) is 1.62. The summed E-state index contributed by atoms with van der Waals surface area (Å²) < 4.78 is 53.3. The van der Waals surface area contributed by atoms with Gasteiger partial charge in [-0.05, 0) is 12.1 Å². The molecule has 0 saturated carbocycles. The van der Waals surface area contributed by atoms with Gasteiger partial charge in [0.15, 0.2) is 5.84 Å². The Morgan fingerprint density at radius 3 is 2.68 bits per heavy atom. The van der Waals surface area contributed by atoms with Crippen molar-refractivity contribution in [3.63, 3.8) is 0 Å². The smallest absolute Gasteiger partial charge is 0.355 e. The number of halogens is 2. The van der Waals surface area contributed by atoms with E-state index in [4.69, 9.17) is 15.7 Å². The average molecular weight is 295 g/mol. The molecular formula is C9H11F2N3O4S. The molecule has 0 bridgehead atoms. The van der Waals surface area contributed by atoms with E-state index >= 15 is 0 Å². The second-order valence-electron chi connectivity index (χ2n) is 3.28. The Hall–Kier alpha value is -2.10. The van der Waals surface area contributed by atoms with Crippen molar-refractivity contribution < 1.29 is 27.1 Å². The van der Waals surface area contributed by atoms with Gasteiger partial charge in [0.05, 0.1) is 5.69 Å². The van der Waals surface area contributed by atoms with E-state index in [0.29, 0.717) is 0 Å². The number of alkyl halides is 2. The molecule has 19 heavy (non-hydrogen) atoms. The first-order chi connectivity index (χ1) is 8.86. The van der Waals surface area contributed by atoms with E-state index in [1.165, 1.54) is 24.3 Å². The summed E-state index contributed by atoms with van der Waals surface area (Å²) in [6.45, 7) is -0.329. The molecule has 0 unspecified atom stereocenters. The minimum absolute atomic E-state index is 0.0293. The lowest BCUT2D eigenvalue weighted by Crippen LogP contribution is -2.23. The van der Waals surface area contributed by atoms with Gasteiger partial charge in [-0.1, -0.05) is 17.3 Å². The van der Waals surface area contributed by atoms with Gasteiger partial charge in [0.2, 0.25) is 0 Å². The average Bonchev–Trinajstić information content (AvgIpc) is 2.36. The Kier molecular flexibility index (Phi) is 4.87. The Bertz CT molecular complexity index is 562. The molecule has 0 aliphatic carbocycles. The molecule has 0 heterocycles. The minimum atomic E-state index is -4.79. The number of benzene rings is 1. The van der Waals surface area contributed by atoms with E-state index in [1.807, 2.05) is 0 Å². The molecule has 1 aromatic rings. The number of oxime groups is 1. The normalized spacial score (nSPS) is 12.5. The van der Waals surface area contributed by atoms with E-state index in [-0.39, 0.29) is 23.9 Å². The number of sulfonamides is 1. The van der Waals surface area contributed by atoms with Crippen LogP contribution in [0.2, 0.25) is 0 Å². The number of nitrogens with one attached hydrogen (secondary N) is 1. The van der Waals surface area contributed by atoms with Crippen LogP contribution in [0.1, 0.15) is 0 Å². The number of nitrogens with two attached hydrogens (primary N) is 1. The summed E-state index contributed by atoms with van der Waals surface area (Å²) in [6, 6.07) is 5.51. The number of anilines is 1. The summed E-state index contributed by atoms with van der Waals surface area (Å²) in [5, 5.41) is 11.0. The van der Waals surface area contributed by atoms with Gasteiger partial charge in [0, 0.05) is 0 Å². The summed E-state index contributed by atoms with van der Waals surface area (Å²) >= 11 is 0. The van der Waals surface area contributed by atoms with Gasteiger partial charge in [-0.2, -0.15) is 8.78 Å². The highest BCUT2D eigenvalue weighted by Gasteiger charge is 2.24. The van der Waals surface area contributed by atoms with Gasteiger partial charge in [0.25, 0.3) is 10.0 Å². The number of hydrogen-bond acceptors (Lipinski definition) is 5. The van der Waals surface area contributed by atoms with E-state index in [0.717, 1.165) is 0 Å². The lowest BCUT2D eigenvalue weighted by atomic mass is 10.3. The third-order valence-corrected chi connectivity index (χ3v) is 2.85. The van der Waals surface area contributed by atoms with Crippen LogP contribution in [0.5, 0.6) is 5.75 Å². The summed E-state index contributed by atoms with van der Waals surface area (Å²) in [4.78, 5) is 0. The van der Waals surface area contributed by atoms with Gasteiger partial charge in [-0.25, -0.2) is 8.42 Å². The lowest BCUT2D eigenvalue weighted by Gasteiger charge is -2.12. The van der Waals surface area contributed by atoms with Crippen molar-refractivity contribution in [3.8, 4) is 5.75 Å². The maximum absolute atomic E-state index is 12.2. The fraction of sp³-hybridized carbons (Fsp3) is 0.222. The highest BCUT2D eigenvalue weighted by molar-refractivity contribution is 7.93. The third-order valence-electron chi connectivity index (χ3n) is 1.88. The first-order valence-corrected chi connectivity index (χ1v) is 6.39. The Morgan fingerprint density at radius 1 is 1.47 bits per heavy atom. The van der Waals surface area contributed by atoms with Crippen LogP contribution in [0, 0.1) is 0 Å². The van der Waals surface area contributed by atoms with Crippen LogP contribution in [0.3, 0.4) is 0 Å². The molecule has 0 aliphatic rings. The number of para-hydroxylation sites is 2. The van der Waals surface area contributed by atoms with E-state index in [1.54, 1.807) is 4.72 Å². The zero-order valence-corrected chi connectivity index (χ0v) is 10.3. The molecule has 10 heteroatoms. The van der Waals surface area contributed by atoms with Crippen LogP contribution in [0.4, 0.5) is 14.5 Å². The molecule has 7 nitrogen and oxygen atoms in total. The zero-order valence-electron chi connectivity index (χ0n) is 9.45. The molecule has 0 radical (unpaired) electrons. The maximum atomic E-state index is 12.2. The molecule has 0 amide bonds. The molecule has 0 saturated heterocycles. The maximum Gasteiger partial charge on any atom is 0.355 e. The number of ether oxygens (including phenoxy) is 1. The Labute approximate surface area is 107 Å². The summed E-state index contributed by atoms with van der Waals surface area (Å²) in [6.07, 6.45) is 0. The van der Waals surface area contributed by atoms with Crippen LogP contribution in [0.25, 0.3) is 0 Å². The highest BCUT2D eigenvalue weighted by atomic mass is 32.2. The molecule has 0 atom stereocenters. The summed E-state index contributed by atoms with van der Waals surface area (Å²) in [7, 11) is -4.79. The molecular weight excluding hydrogens is 284 g/mol. The molecule has 1 aromatic carbocycles. The lowest BCUT2D eigenvalue weighted by molar-refractivity contribution is 0.236. The van der Waals surface area contributed by atoms with Gasteiger partial charge in [-0.15, -0.1) is 0 Å². The van der Waals surface area contributed by atoms with E-state index in [9.17, 15) is 17.2 Å². The summed E-state index contributed by atoms with van der Waals surface area (Å²) in [5.41, 5.74) is 4.99. The summed E-state index contributed by atoms with van der Waals surface area (Å²) in [5.74, 6) is -3.85. The van der Waals surface area contributed by atoms with Gasteiger partial charge in [0.1, 0.15) is 12.4 Å². The van der Waals surface area contributed by atoms with Crippen LogP contribution in [-0.2, 0) is 10.0 Å². The number of hydrogen-bond donors (Lipinski definition) is 3. The SMILES string of the molecule is N/C(COc1ccccc1NS(=O)(=O)C(F)F)=N\O. The van der Waals surface area contributed by atoms with Crippen LogP contribution < -0.4 is 15.2 Å². The molecule has 0 aromatic heterocycles. The molecule has 106 valence electrons. The van der Waals surface area contributed by atoms with E-state index in [2.05, 4.69) is 5.16 Å². The van der Waals surface area contributed by atoms with Crippen LogP contribution >= 0.6 is 0 Å². The molecule has 0 fully saturated rings. The van der Waals surface area contributed by atoms with Crippen molar-refractivity contribution in [3.05, 3.63) is 24.3 Å². The van der Waals surface area contributed by atoms with Gasteiger partial charge >= 0.3 is 5.76 Å². The first kappa shape index (κ1) is 15.0. The Morgan fingerprint density at radius 2 is 2.11 bits per heavy atom. The topological polar surface area (TPSA) is 114 Å². The zero-order chi connectivity index (χ0) is 14.5. The molecule has 1 rings (SSSR count). The van der Waals surface area contributed by atoms with Crippen LogP contribution in [0.15, 0.2) is 29.4 Å². The van der Waals surface area contributed by atoms with Crippen molar-refractivity contribution in [1.29, 1.82) is 0 Å². The van der Waals surface area contributed by atoms with Crippen molar-refractivity contribution in [2.24, 2.45) is 10.9 Å². The highest BCUT2D eigenvalue weighted by Crippen LogP contribution is 2.25. The quantitative estimate of drug-likeness (QED) is 0.310. The number of amidine groups is 1. The minimum Gasteiger partial charge on any atom is -0.483 e. The number of rotatable bonds is 6. The van der Waals surface area contributed by atoms with Crippen LogP contribution in [-0.4, -0.2) is 31.8 Å². The third kappa shape index (κ3) is 4.25. The van der Waals surface area contributed by atoms with Gasteiger partial charge < -0.3 is 15.7 Å². The van der Waals surface area contributed by atoms with Crippen molar-refractivity contribution in [2.45, 2.75) is 5.76 Å². The standard InChI is InChI=1S/C9H11F2N3O4S/c10-9(11)19(16,17)14-6-3-1-2-4-7(6)18-5-8(12)13-15/h1-4,9,14-15H,5H2,(H2,12,13). The molecule has 0 spiro atoms. The first-order valence-electron chi connectivity index (χ1n) is 4.85. The number of nitrogens with zero attached hydrogens (tertiary/aromatic N) is 1. The predicted octanol–water partition coefficient (Wildman–Crippen LogP) is 0.776. The van der Waals surface area contributed by atoms with Crippen molar-refractivity contribution in [2.75, 3.05) is 11.3 Å². The fourth-order valence-electron chi connectivity index (χ4n) is 1.06. The second-order valence-corrected chi connectivity index (χ2v) is 4.93. The Balaban J connectivity index is 2.91. The van der Waals surface area contributed by atoms with E-state index < -0.39 is 15.8 Å². The van der Waals surface area contributed by atoms with Gasteiger partial charge in [-0.3, -0.25) is 4.72 Å². The predicted molar refractivity (Wildman–Crippen MR) is 63.9 cm³/mol. The monoisotopic (exact) mass is 295 g/mol.